The van der Waals surface area contributed by atoms with Crippen molar-refractivity contribution in [3.8, 4) is 0 Å². The maximum Gasteiger partial charge on any atom is 0.132 e. The summed E-state index contributed by atoms with van der Waals surface area (Å²) in [5, 5.41) is 0. The predicted octanol–water partition coefficient (Wildman–Crippen LogP) is 3.76. The van der Waals surface area contributed by atoms with Crippen LogP contribution in [0.3, 0.4) is 0 Å². The summed E-state index contributed by atoms with van der Waals surface area (Å²) in [6.45, 7) is 1.92. The molecule has 0 aromatic carbocycles. The fourth-order valence-electron chi connectivity index (χ4n) is 0.809. The third kappa shape index (κ3) is 10.6. The number of halogens is 1. The van der Waals surface area contributed by atoms with E-state index in [1.54, 1.807) is 0 Å². The maximum absolute atomic E-state index is 10.9. The standard InChI is InChI=1S/C9H17ClOS2/c1-2-9(11)5-3-4-7-12-13-8-6-10/h2-8H2,1H3. The highest BCUT2D eigenvalue weighted by molar-refractivity contribution is 8.76. The molecule has 0 aliphatic carbocycles. The third-order valence-electron chi connectivity index (χ3n) is 1.57. The van der Waals surface area contributed by atoms with Gasteiger partial charge in [-0.3, -0.25) is 4.79 Å². The minimum absolute atomic E-state index is 0.387. The van der Waals surface area contributed by atoms with Gasteiger partial charge in [-0.2, -0.15) is 0 Å². The number of unbranched alkanes of at least 4 members (excludes halogenated alkanes) is 1. The Bertz CT molecular complexity index is 131. The van der Waals surface area contributed by atoms with Gasteiger partial charge in [0, 0.05) is 30.2 Å². The topological polar surface area (TPSA) is 17.1 Å². The number of rotatable bonds is 9. The van der Waals surface area contributed by atoms with Gasteiger partial charge in [0.15, 0.2) is 0 Å². The third-order valence-corrected chi connectivity index (χ3v) is 4.48. The van der Waals surface area contributed by atoms with Crippen LogP contribution in [0.15, 0.2) is 0 Å². The fraction of sp³-hybridized carbons (Fsp3) is 0.889. The van der Waals surface area contributed by atoms with Gasteiger partial charge in [0.2, 0.25) is 0 Å². The number of alkyl halides is 1. The molecule has 0 heterocycles. The highest BCUT2D eigenvalue weighted by Crippen LogP contribution is 2.22. The smallest absolute Gasteiger partial charge is 0.132 e. The first-order valence-corrected chi connectivity index (χ1v) is 7.65. The van der Waals surface area contributed by atoms with Gasteiger partial charge in [-0.05, 0) is 12.8 Å². The first kappa shape index (κ1) is 13.7. The Labute approximate surface area is 93.8 Å². The first-order chi connectivity index (χ1) is 6.31. The second kappa shape index (κ2) is 10.7. The molecule has 0 unspecified atom stereocenters. The lowest BCUT2D eigenvalue weighted by Crippen LogP contribution is -1.94. The molecule has 0 saturated heterocycles. The lowest BCUT2D eigenvalue weighted by Gasteiger charge is -1.99. The molecule has 0 fully saturated rings. The van der Waals surface area contributed by atoms with Gasteiger partial charge in [-0.15, -0.1) is 11.6 Å². The van der Waals surface area contributed by atoms with Crippen molar-refractivity contribution in [3.63, 3.8) is 0 Å². The largest absolute Gasteiger partial charge is 0.300 e. The van der Waals surface area contributed by atoms with Crippen LogP contribution < -0.4 is 0 Å². The van der Waals surface area contributed by atoms with E-state index in [0.29, 0.717) is 12.2 Å². The van der Waals surface area contributed by atoms with Crippen LogP contribution in [0.5, 0.6) is 0 Å². The molecule has 0 rings (SSSR count). The number of ketones is 1. The average Bonchev–Trinajstić information content (AvgIpc) is 2.16. The predicted molar refractivity (Wildman–Crippen MR) is 64.8 cm³/mol. The lowest BCUT2D eigenvalue weighted by molar-refractivity contribution is -0.118. The van der Waals surface area contributed by atoms with Gasteiger partial charge in [0.25, 0.3) is 0 Å². The molecule has 0 atom stereocenters. The van der Waals surface area contributed by atoms with Gasteiger partial charge in [-0.25, -0.2) is 0 Å². The SMILES string of the molecule is CCC(=O)CCCCSSCCCl. The molecule has 4 heteroatoms. The quantitative estimate of drug-likeness (QED) is 0.347. The normalized spacial score (nSPS) is 10.3. The molecule has 78 valence electrons. The Hall–Kier alpha value is 0.660. The number of hydrogen-bond acceptors (Lipinski definition) is 3. The van der Waals surface area contributed by atoms with Crippen LogP contribution in [-0.4, -0.2) is 23.2 Å². The summed E-state index contributed by atoms with van der Waals surface area (Å²) in [6, 6.07) is 0. The van der Waals surface area contributed by atoms with E-state index in [4.69, 9.17) is 11.6 Å². The maximum atomic E-state index is 10.9. The van der Waals surface area contributed by atoms with E-state index < -0.39 is 0 Å². The van der Waals surface area contributed by atoms with Gasteiger partial charge in [0.1, 0.15) is 5.78 Å². The Kier molecular flexibility index (Phi) is 11.3. The first-order valence-electron chi connectivity index (χ1n) is 4.63. The van der Waals surface area contributed by atoms with Crippen molar-refractivity contribution in [2.24, 2.45) is 0 Å². The molecule has 0 radical (unpaired) electrons. The van der Waals surface area contributed by atoms with E-state index in [-0.39, 0.29) is 0 Å². The summed E-state index contributed by atoms with van der Waals surface area (Å²) < 4.78 is 0. The van der Waals surface area contributed by atoms with Crippen LogP contribution in [0.2, 0.25) is 0 Å². The van der Waals surface area contributed by atoms with E-state index in [0.717, 1.165) is 36.6 Å². The van der Waals surface area contributed by atoms with E-state index >= 15 is 0 Å². The van der Waals surface area contributed by atoms with Crippen molar-refractivity contribution in [2.75, 3.05) is 17.4 Å². The zero-order chi connectivity index (χ0) is 9.94. The number of hydrogen-bond donors (Lipinski definition) is 0. The molecule has 0 N–H and O–H groups in total. The van der Waals surface area contributed by atoms with Crippen LogP contribution in [0.4, 0.5) is 0 Å². The molecule has 13 heavy (non-hydrogen) atoms. The molecule has 1 nitrogen and oxygen atoms in total. The lowest BCUT2D eigenvalue weighted by atomic mass is 10.1. The summed E-state index contributed by atoms with van der Waals surface area (Å²) >= 11 is 5.52. The molecule has 0 aromatic rings. The van der Waals surface area contributed by atoms with Gasteiger partial charge < -0.3 is 0 Å². The Morgan fingerprint density at radius 2 is 1.92 bits per heavy atom. The summed E-state index contributed by atoms with van der Waals surface area (Å²) in [6.07, 6.45) is 3.64. The van der Waals surface area contributed by atoms with Crippen LogP contribution in [-0.2, 0) is 4.79 Å². The number of carbonyl (C=O) groups is 1. The van der Waals surface area contributed by atoms with E-state index in [1.807, 2.05) is 28.5 Å². The van der Waals surface area contributed by atoms with Crippen LogP contribution in [0, 0.1) is 0 Å². The van der Waals surface area contributed by atoms with E-state index in [9.17, 15) is 4.79 Å². The van der Waals surface area contributed by atoms with Crippen molar-refractivity contribution in [1.29, 1.82) is 0 Å². The molecule has 0 amide bonds. The Morgan fingerprint density at radius 3 is 2.54 bits per heavy atom. The molecule has 0 bridgehead atoms. The minimum atomic E-state index is 0.387. The summed E-state index contributed by atoms with van der Waals surface area (Å²) in [7, 11) is 3.68. The second-order valence-electron chi connectivity index (χ2n) is 2.68. The Balaban J connectivity index is 2.95. The van der Waals surface area contributed by atoms with Crippen molar-refractivity contribution in [1.82, 2.24) is 0 Å². The monoisotopic (exact) mass is 240 g/mol. The molecule has 0 aliphatic rings. The molecule has 0 aromatic heterocycles. The summed E-state index contributed by atoms with van der Waals surface area (Å²) in [5.41, 5.74) is 0. The zero-order valence-electron chi connectivity index (χ0n) is 8.05. The van der Waals surface area contributed by atoms with E-state index in [1.165, 1.54) is 0 Å². The van der Waals surface area contributed by atoms with Crippen molar-refractivity contribution >= 4 is 39.0 Å². The van der Waals surface area contributed by atoms with Crippen LogP contribution in [0.1, 0.15) is 32.6 Å². The summed E-state index contributed by atoms with van der Waals surface area (Å²) in [4.78, 5) is 10.9. The van der Waals surface area contributed by atoms with Crippen molar-refractivity contribution in [2.45, 2.75) is 32.6 Å². The number of Topliss-reactive ketones (excluding diaryl/α,β-unsaturated/α-hetero) is 1. The molecule has 0 saturated carbocycles. The second-order valence-corrected chi connectivity index (χ2v) is 5.76. The highest BCUT2D eigenvalue weighted by Gasteiger charge is 1.97. The summed E-state index contributed by atoms with van der Waals surface area (Å²) in [5.74, 6) is 3.27. The van der Waals surface area contributed by atoms with Crippen LogP contribution in [0.25, 0.3) is 0 Å². The number of carbonyl (C=O) groups excluding carboxylic acids is 1. The zero-order valence-corrected chi connectivity index (χ0v) is 10.4. The highest BCUT2D eigenvalue weighted by atomic mass is 35.5. The van der Waals surface area contributed by atoms with Crippen molar-refractivity contribution < 1.29 is 4.79 Å². The minimum Gasteiger partial charge on any atom is -0.300 e. The van der Waals surface area contributed by atoms with Gasteiger partial charge in [-0.1, -0.05) is 28.5 Å². The van der Waals surface area contributed by atoms with E-state index in [2.05, 4.69) is 0 Å². The molecule has 0 spiro atoms. The molecular formula is C9H17ClOS2. The van der Waals surface area contributed by atoms with Gasteiger partial charge >= 0.3 is 0 Å². The molecule has 0 aliphatic heterocycles. The Morgan fingerprint density at radius 1 is 1.23 bits per heavy atom. The van der Waals surface area contributed by atoms with Crippen LogP contribution >= 0.6 is 33.2 Å². The molecular weight excluding hydrogens is 224 g/mol. The fourth-order valence-corrected chi connectivity index (χ4v) is 3.25. The van der Waals surface area contributed by atoms with Gasteiger partial charge in [0.05, 0.1) is 0 Å². The van der Waals surface area contributed by atoms with Crippen molar-refractivity contribution in [3.05, 3.63) is 0 Å². The average molecular weight is 241 g/mol.